The summed E-state index contributed by atoms with van der Waals surface area (Å²) in [7, 11) is 0. The maximum atomic E-state index is 3.52. The highest BCUT2D eigenvalue weighted by molar-refractivity contribution is 7.99. The first-order valence-corrected chi connectivity index (χ1v) is 10.4. The van der Waals surface area contributed by atoms with Gasteiger partial charge in [-0.05, 0) is 77.2 Å². The highest BCUT2D eigenvalue weighted by Gasteiger charge is 1.93. The van der Waals surface area contributed by atoms with Crippen molar-refractivity contribution in [2.75, 3.05) is 58.1 Å². The molecule has 0 bridgehead atoms. The van der Waals surface area contributed by atoms with E-state index in [0.29, 0.717) is 0 Å². The molecule has 0 saturated carbocycles. The average Bonchev–Trinajstić information content (AvgIpc) is 2.62. The summed E-state index contributed by atoms with van der Waals surface area (Å²) in [6.07, 6.45) is 3.63. The Labute approximate surface area is 152 Å². The lowest BCUT2D eigenvalue weighted by molar-refractivity contribution is 0.557. The first-order valence-electron chi connectivity index (χ1n) is 9.44. The largest absolute Gasteiger partial charge is 0.317 e. The smallest absolute Gasteiger partial charge is 0.0106 e. The molecule has 1 rings (SSSR count). The van der Waals surface area contributed by atoms with Gasteiger partial charge >= 0.3 is 0 Å². The van der Waals surface area contributed by atoms with Crippen LogP contribution in [-0.2, 0) is 0 Å². The second kappa shape index (κ2) is 17.2. The predicted molar refractivity (Wildman–Crippen MR) is 108 cm³/mol. The van der Waals surface area contributed by atoms with E-state index in [1.54, 1.807) is 0 Å². The third-order valence-corrected chi connectivity index (χ3v) is 4.68. The summed E-state index contributed by atoms with van der Waals surface area (Å²) in [4.78, 5) is 1.36. The van der Waals surface area contributed by atoms with Crippen molar-refractivity contribution >= 4 is 11.8 Å². The molecular formula is C19H36N4S. The van der Waals surface area contributed by atoms with E-state index < -0.39 is 0 Å². The Balaban J connectivity index is 1.70. The van der Waals surface area contributed by atoms with Crippen LogP contribution in [0.2, 0.25) is 0 Å². The van der Waals surface area contributed by atoms with Crippen molar-refractivity contribution in [1.29, 1.82) is 0 Å². The van der Waals surface area contributed by atoms with Gasteiger partial charge in [0.25, 0.3) is 0 Å². The van der Waals surface area contributed by atoms with Gasteiger partial charge in [-0.1, -0.05) is 25.1 Å². The van der Waals surface area contributed by atoms with E-state index in [0.717, 1.165) is 58.1 Å². The minimum atomic E-state index is 1.07. The van der Waals surface area contributed by atoms with Gasteiger partial charge in [-0.15, -0.1) is 11.8 Å². The Hall–Kier alpha value is -0.590. The molecule has 138 valence electrons. The van der Waals surface area contributed by atoms with Gasteiger partial charge in [-0.3, -0.25) is 0 Å². The minimum absolute atomic E-state index is 1.07. The molecule has 0 atom stereocenters. The number of rotatable bonds is 17. The maximum Gasteiger partial charge on any atom is 0.0106 e. The second-order valence-electron chi connectivity index (χ2n) is 5.83. The molecule has 0 amide bonds. The Bertz CT molecular complexity index is 362. The van der Waals surface area contributed by atoms with E-state index in [-0.39, 0.29) is 0 Å². The third-order valence-electron chi connectivity index (χ3n) is 3.66. The molecule has 0 heterocycles. The number of hydrogen-bond donors (Lipinski definition) is 4. The van der Waals surface area contributed by atoms with Crippen molar-refractivity contribution in [1.82, 2.24) is 21.3 Å². The first-order chi connectivity index (χ1) is 11.9. The summed E-state index contributed by atoms with van der Waals surface area (Å²) in [6, 6.07) is 10.6. The zero-order valence-electron chi connectivity index (χ0n) is 15.3. The fraction of sp³-hybridized carbons (Fsp3) is 0.684. The van der Waals surface area contributed by atoms with Gasteiger partial charge < -0.3 is 21.3 Å². The van der Waals surface area contributed by atoms with Gasteiger partial charge in [0.1, 0.15) is 0 Å². The van der Waals surface area contributed by atoms with Crippen LogP contribution in [0.15, 0.2) is 35.2 Å². The van der Waals surface area contributed by atoms with Gasteiger partial charge in [0.2, 0.25) is 0 Å². The molecule has 4 nitrogen and oxygen atoms in total. The minimum Gasteiger partial charge on any atom is -0.317 e. The lowest BCUT2D eigenvalue weighted by atomic mass is 10.3. The molecule has 4 N–H and O–H groups in total. The van der Waals surface area contributed by atoms with Gasteiger partial charge in [-0.25, -0.2) is 0 Å². The highest BCUT2D eigenvalue weighted by Crippen LogP contribution is 2.15. The summed E-state index contributed by atoms with van der Waals surface area (Å²) in [5.41, 5.74) is 0. The topological polar surface area (TPSA) is 48.1 Å². The molecule has 1 aromatic carbocycles. The van der Waals surface area contributed by atoms with E-state index in [1.807, 2.05) is 11.8 Å². The Morgan fingerprint density at radius 1 is 0.667 bits per heavy atom. The van der Waals surface area contributed by atoms with E-state index in [9.17, 15) is 0 Å². The van der Waals surface area contributed by atoms with Crippen molar-refractivity contribution in [3.05, 3.63) is 30.3 Å². The van der Waals surface area contributed by atoms with Crippen molar-refractivity contribution in [2.24, 2.45) is 0 Å². The van der Waals surface area contributed by atoms with Crippen LogP contribution >= 0.6 is 11.8 Å². The molecule has 0 radical (unpaired) electrons. The van der Waals surface area contributed by atoms with Gasteiger partial charge in [0, 0.05) is 17.2 Å². The summed E-state index contributed by atoms with van der Waals surface area (Å²) in [5, 5.41) is 13.9. The van der Waals surface area contributed by atoms with Crippen LogP contribution in [-0.4, -0.2) is 58.1 Å². The molecule has 0 unspecified atom stereocenters. The molecule has 0 aliphatic heterocycles. The summed E-state index contributed by atoms with van der Waals surface area (Å²) in [5.74, 6) is 1.14. The molecule has 0 aliphatic rings. The van der Waals surface area contributed by atoms with Crippen LogP contribution in [0.4, 0.5) is 0 Å². The van der Waals surface area contributed by atoms with Crippen LogP contribution in [0, 0.1) is 0 Å². The predicted octanol–water partition coefficient (Wildman–Crippen LogP) is 2.33. The van der Waals surface area contributed by atoms with E-state index in [1.165, 1.54) is 24.2 Å². The van der Waals surface area contributed by atoms with Crippen molar-refractivity contribution < 1.29 is 0 Å². The molecule has 24 heavy (non-hydrogen) atoms. The van der Waals surface area contributed by atoms with Crippen molar-refractivity contribution in [2.45, 2.75) is 31.1 Å². The van der Waals surface area contributed by atoms with Crippen LogP contribution in [0.3, 0.4) is 0 Å². The highest BCUT2D eigenvalue weighted by atomic mass is 32.2. The lowest BCUT2D eigenvalue weighted by Gasteiger charge is -2.07. The monoisotopic (exact) mass is 352 g/mol. The molecule has 1 aromatic rings. The summed E-state index contributed by atoms with van der Waals surface area (Å²) in [6.45, 7) is 11.0. The third kappa shape index (κ3) is 13.8. The normalized spacial score (nSPS) is 11.0. The number of benzene rings is 1. The van der Waals surface area contributed by atoms with Gasteiger partial charge in [0.05, 0.1) is 0 Å². The zero-order chi connectivity index (χ0) is 17.1. The number of nitrogens with one attached hydrogen (secondary N) is 4. The van der Waals surface area contributed by atoms with E-state index >= 15 is 0 Å². The van der Waals surface area contributed by atoms with E-state index in [4.69, 9.17) is 0 Å². The summed E-state index contributed by atoms with van der Waals surface area (Å²) >= 11 is 1.92. The van der Waals surface area contributed by atoms with Crippen LogP contribution < -0.4 is 21.3 Å². The standard InChI is InChI=1S/C19H36N4S/c1-2-20-11-6-12-21-13-7-14-22-15-8-16-23-17-18-24-19-9-4-3-5-10-19/h3-5,9-10,20-23H,2,6-8,11-18H2,1H3. The molecule has 0 aromatic heterocycles. The Morgan fingerprint density at radius 2 is 1.17 bits per heavy atom. The molecule has 0 aliphatic carbocycles. The van der Waals surface area contributed by atoms with Gasteiger partial charge in [-0.2, -0.15) is 0 Å². The zero-order valence-corrected chi connectivity index (χ0v) is 16.1. The molecular weight excluding hydrogens is 316 g/mol. The number of thioether (sulfide) groups is 1. The Morgan fingerprint density at radius 3 is 1.71 bits per heavy atom. The summed E-state index contributed by atoms with van der Waals surface area (Å²) < 4.78 is 0. The molecule has 0 saturated heterocycles. The van der Waals surface area contributed by atoms with Crippen molar-refractivity contribution in [3.63, 3.8) is 0 Å². The average molecular weight is 353 g/mol. The SMILES string of the molecule is CCNCCCNCCCNCCCNCCSc1ccccc1. The van der Waals surface area contributed by atoms with Gasteiger partial charge in [0.15, 0.2) is 0 Å². The molecule has 0 fully saturated rings. The van der Waals surface area contributed by atoms with E-state index in [2.05, 4.69) is 58.5 Å². The molecule has 5 heteroatoms. The fourth-order valence-electron chi connectivity index (χ4n) is 2.32. The molecule has 0 spiro atoms. The van der Waals surface area contributed by atoms with Crippen LogP contribution in [0.5, 0.6) is 0 Å². The second-order valence-corrected chi connectivity index (χ2v) is 6.99. The first kappa shape index (κ1) is 21.5. The Kier molecular flexibility index (Phi) is 15.4. The van der Waals surface area contributed by atoms with Crippen LogP contribution in [0.1, 0.15) is 26.2 Å². The van der Waals surface area contributed by atoms with Crippen molar-refractivity contribution in [3.8, 4) is 0 Å². The fourth-order valence-corrected chi connectivity index (χ4v) is 3.16. The lowest BCUT2D eigenvalue weighted by Crippen LogP contribution is -2.27. The quantitative estimate of drug-likeness (QED) is 0.256. The van der Waals surface area contributed by atoms with Crippen LogP contribution in [0.25, 0.3) is 0 Å². The number of hydrogen-bond acceptors (Lipinski definition) is 5. The maximum absolute atomic E-state index is 3.52.